The first kappa shape index (κ1) is 17.2. The van der Waals surface area contributed by atoms with Gasteiger partial charge in [-0.2, -0.15) is 0 Å². The van der Waals surface area contributed by atoms with Crippen molar-refractivity contribution in [3.8, 4) is 0 Å². The number of nitrogens with two attached hydrogens (primary N) is 1. The minimum atomic E-state index is -0.822. The van der Waals surface area contributed by atoms with Gasteiger partial charge in [-0.05, 0) is 12.8 Å². The number of carbonyl (C=O) groups is 2. The standard InChI is InChI=1S/C12H22N2O3.ClH/c1-17-11(16)12(14-10(15)6-9-13)7-4-2-3-5-8-12;/h2-9,13H2,1H3,(H,14,15);1H. The van der Waals surface area contributed by atoms with Crippen LogP contribution in [0.15, 0.2) is 0 Å². The van der Waals surface area contributed by atoms with Crippen LogP contribution in [0.3, 0.4) is 0 Å². The van der Waals surface area contributed by atoms with Gasteiger partial charge < -0.3 is 15.8 Å². The van der Waals surface area contributed by atoms with Gasteiger partial charge in [0.1, 0.15) is 5.54 Å². The molecule has 0 aromatic rings. The van der Waals surface area contributed by atoms with Gasteiger partial charge in [0.05, 0.1) is 7.11 Å². The van der Waals surface area contributed by atoms with E-state index in [2.05, 4.69) is 5.32 Å². The van der Waals surface area contributed by atoms with Crippen LogP contribution in [0.1, 0.15) is 44.9 Å². The number of nitrogens with one attached hydrogen (secondary N) is 1. The lowest BCUT2D eigenvalue weighted by atomic mass is 9.90. The molecule has 1 amide bonds. The third-order valence-electron chi connectivity index (χ3n) is 3.28. The van der Waals surface area contributed by atoms with Crippen LogP contribution in [-0.2, 0) is 14.3 Å². The monoisotopic (exact) mass is 278 g/mol. The van der Waals surface area contributed by atoms with Gasteiger partial charge in [0, 0.05) is 13.0 Å². The van der Waals surface area contributed by atoms with Gasteiger partial charge in [0.2, 0.25) is 5.91 Å². The van der Waals surface area contributed by atoms with Gasteiger partial charge in [-0.25, -0.2) is 4.79 Å². The third-order valence-corrected chi connectivity index (χ3v) is 3.28. The van der Waals surface area contributed by atoms with Crippen LogP contribution in [0.25, 0.3) is 0 Å². The first-order chi connectivity index (χ1) is 8.14. The highest BCUT2D eigenvalue weighted by atomic mass is 35.5. The first-order valence-electron chi connectivity index (χ1n) is 6.24. The Kier molecular flexibility index (Phi) is 7.95. The minimum Gasteiger partial charge on any atom is -0.467 e. The molecule has 1 aliphatic rings. The summed E-state index contributed by atoms with van der Waals surface area (Å²) in [6.45, 7) is 0.295. The van der Waals surface area contributed by atoms with Gasteiger partial charge in [-0.15, -0.1) is 12.4 Å². The smallest absolute Gasteiger partial charge is 0.331 e. The van der Waals surface area contributed by atoms with Gasteiger partial charge in [-0.1, -0.05) is 25.7 Å². The van der Waals surface area contributed by atoms with Crippen molar-refractivity contribution in [1.82, 2.24) is 5.32 Å². The number of ether oxygens (including phenoxy) is 1. The molecular weight excluding hydrogens is 256 g/mol. The Morgan fingerprint density at radius 3 is 2.22 bits per heavy atom. The quantitative estimate of drug-likeness (QED) is 0.597. The molecule has 1 saturated carbocycles. The fraction of sp³-hybridized carbons (Fsp3) is 0.833. The number of esters is 1. The van der Waals surface area contributed by atoms with Crippen LogP contribution in [0.5, 0.6) is 0 Å². The molecule has 106 valence electrons. The van der Waals surface area contributed by atoms with E-state index in [-0.39, 0.29) is 30.7 Å². The van der Waals surface area contributed by atoms with Gasteiger partial charge in [-0.3, -0.25) is 4.79 Å². The van der Waals surface area contributed by atoms with Crippen molar-refractivity contribution in [3.63, 3.8) is 0 Å². The summed E-state index contributed by atoms with van der Waals surface area (Å²) in [5.74, 6) is -0.496. The summed E-state index contributed by atoms with van der Waals surface area (Å²) in [6, 6.07) is 0. The summed E-state index contributed by atoms with van der Waals surface area (Å²) in [7, 11) is 1.37. The maximum atomic E-state index is 11.9. The van der Waals surface area contributed by atoms with Crippen LogP contribution in [0, 0.1) is 0 Å². The highest BCUT2D eigenvalue weighted by Gasteiger charge is 2.40. The van der Waals surface area contributed by atoms with E-state index in [1.807, 2.05) is 0 Å². The molecule has 0 radical (unpaired) electrons. The van der Waals surface area contributed by atoms with E-state index >= 15 is 0 Å². The molecule has 0 unspecified atom stereocenters. The van der Waals surface area contributed by atoms with Crippen molar-refractivity contribution in [1.29, 1.82) is 0 Å². The van der Waals surface area contributed by atoms with Crippen LogP contribution in [-0.4, -0.2) is 31.1 Å². The summed E-state index contributed by atoms with van der Waals surface area (Å²) in [4.78, 5) is 23.6. The average Bonchev–Trinajstić information content (AvgIpc) is 2.55. The van der Waals surface area contributed by atoms with E-state index in [1.165, 1.54) is 7.11 Å². The van der Waals surface area contributed by atoms with E-state index in [0.717, 1.165) is 25.7 Å². The molecule has 1 fully saturated rings. The fourth-order valence-electron chi connectivity index (χ4n) is 2.37. The molecule has 5 nitrogen and oxygen atoms in total. The SMILES string of the molecule is COC(=O)C1(NC(=O)CCN)CCCCCC1.Cl. The molecule has 0 spiro atoms. The lowest BCUT2D eigenvalue weighted by Crippen LogP contribution is -2.55. The molecule has 0 aromatic heterocycles. The fourth-order valence-corrected chi connectivity index (χ4v) is 2.37. The summed E-state index contributed by atoms with van der Waals surface area (Å²) in [6.07, 6.45) is 5.66. The largest absolute Gasteiger partial charge is 0.467 e. The zero-order chi connectivity index (χ0) is 12.7. The van der Waals surface area contributed by atoms with Gasteiger partial charge in [0.15, 0.2) is 0 Å². The Balaban J connectivity index is 0.00000289. The zero-order valence-electron chi connectivity index (χ0n) is 10.9. The summed E-state index contributed by atoms with van der Waals surface area (Å²) < 4.78 is 4.84. The number of halogens is 1. The lowest BCUT2D eigenvalue weighted by molar-refractivity contribution is -0.151. The Bertz CT molecular complexity index is 276. The number of rotatable bonds is 4. The Morgan fingerprint density at radius 2 is 1.78 bits per heavy atom. The molecule has 0 aliphatic heterocycles. The normalized spacial score (nSPS) is 18.1. The van der Waals surface area contributed by atoms with Crippen LogP contribution < -0.4 is 11.1 Å². The molecule has 1 rings (SSSR count). The summed E-state index contributed by atoms with van der Waals surface area (Å²) >= 11 is 0. The highest BCUT2D eigenvalue weighted by molar-refractivity contribution is 5.88. The van der Waals surface area contributed by atoms with E-state index in [1.54, 1.807) is 0 Å². The van der Waals surface area contributed by atoms with E-state index in [0.29, 0.717) is 19.4 Å². The van der Waals surface area contributed by atoms with Crippen molar-refractivity contribution >= 4 is 24.3 Å². The molecule has 1 aliphatic carbocycles. The maximum Gasteiger partial charge on any atom is 0.331 e. The van der Waals surface area contributed by atoms with Crippen molar-refractivity contribution < 1.29 is 14.3 Å². The van der Waals surface area contributed by atoms with E-state index in [9.17, 15) is 9.59 Å². The number of carbonyl (C=O) groups excluding carboxylic acids is 2. The topological polar surface area (TPSA) is 81.4 Å². The molecule has 0 saturated heterocycles. The van der Waals surface area contributed by atoms with Crippen LogP contribution in [0.4, 0.5) is 0 Å². The van der Waals surface area contributed by atoms with Crippen molar-refractivity contribution in [3.05, 3.63) is 0 Å². The van der Waals surface area contributed by atoms with Crippen molar-refractivity contribution in [2.75, 3.05) is 13.7 Å². The maximum absolute atomic E-state index is 11.9. The zero-order valence-corrected chi connectivity index (χ0v) is 11.7. The molecule has 3 N–H and O–H groups in total. The Hall–Kier alpha value is -0.810. The van der Waals surface area contributed by atoms with Crippen LogP contribution in [0.2, 0.25) is 0 Å². The number of amides is 1. The second kappa shape index (κ2) is 8.32. The predicted molar refractivity (Wildman–Crippen MR) is 71.5 cm³/mol. The minimum absolute atomic E-state index is 0. The van der Waals surface area contributed by atoms with E-state index in [4.69, 9.17) is 10.5 Å². The molecular formula is C12H23ClN2O3. The Morgan fingerprint density at radius 1 is 1.22 bits per heavy atom. The van der Waals surface area contributed by atoms with Crippen molar-refractivity contribution in [2.24, 2.45) is 5.73 Å². The molecule has 0 heterocycles. The molecule has 0 atom stereocenters. The molecule has 6 heteroatoms. The molecule has 0 bridgehead atoms. The highest BCUT2D eigenvalue weighted by Crippen LogP contribution is 2.28. The lowest BCUT2D eigenvalue weighted by Gasteiger charge is -2.30. The Labute approximate surface area is 114 Å². The molecule has 18 heavy (non-hydrogen) atoms. The molecule has 0 aromatic carbocycles. The second-order valence-electron chi connectivity index (χ2n) is 4.57. The average molecular weight is 279 g/mol. The van der Waals surface area contributed by atoms with Gasteiger partial charge >= 0.3 is 5.97 Å². The second-order valence-corrected chi connectivity index (χ2v) is 4.57. The number of hydrogen-bond donors (Lipinski definition) is 2. The number of methoxy groups -OCH3 is 1. The van der Waals surface area contributed by atoms with Crippen LogP contribution >= 0.6 is 12.4 Å². The van der Waals surface area contributed by atoms with E-state index < -0.39 is 5.54 Å². The third kappa shape index (κ3) is 4.46. The first-order valence-corrected chi connectivity index (χ1v) is 6.24. The number of hydrogen-bond acceptors (Lipinski definition) is 4. The summed E-state index contributed by atoms with van der Waals surface area (Å²) in [5, 5.41) is 2.83. The van der Waals surface area contributed by atoms with Gasteiger partial charge in [0.25, 0.3) is 0 Å². The summed E-state index contributed by atoms with van der Waals surface area (Å²) in [5.41, 5.74) is 4.52. The van der Waals surface area contributed by atoms with Crippen molar-refractivity contribution in [2.45, 2.75) is 50.5 Å². The predicted octanol–water partition coefficient (Wildman–Crippen LogP) is 1.14.